The normalized spacial score (nSPS) is 24.7. The Morgan fingerprint density at radius 2 is 2.20 bits per heavy atom. The SMILES string of the molecule is Cc1ccc(N)cc1NCC1CC(O)C1. The fourth-order valence-electron chi connectivity index (χ4n) is 1.95. The second-order valence-electron chi connectivity index (χ2n) is 4.45. The van der Waals surface area contributed by atoms with E-state index in [9.17, 15) is 0 Å². The minimum absolute atomic E-state index is 0.0706. The number of hydrogen-bond donors (Lipinski definition) is 3. The Bertz CT molecular complexity index is 345. The Morgan fingerprint density at radius 1 is 1.47 bits per heavy atom. The molecule has 0 saturated heterocycles. The summed E-state index contributed by atoms with van der Waals surface area (Å²) in [6.07, 6.45) is 1.78. The van der Waals surface area contributed by atoms with Crippen molar-refractivity contribution in [2.45, 2.75) is 25.9 Å². The second kappa shape index (κ2) is 4.11. The van der Waals surface area contributed by atoms with Crippen LogP contribution in [-0.4, -0.2) is 17.8 Å². The molecule has 2 rings (SSSR count). The third-order valence-corrected chi connectivity index (χ3v) is 3.05. The van der Waals surface area contributed by atoms with Crippen LogP contribution in [0.1, 0.15) is 18.4 Å². The highest BCUT2D eigenvalue weighted by molar-refractivity contribution is 5.59. The summed E-state index contributed by atoms with van der Waals surface area (Å²) in [4.78, 5) is 0. The maximum absolute atomic E-state index is 9.17. The first-order chi connectivity index (χ1) is 7.15. The van der Waals surface area contributed by atoms with Crippen LogP contribution >= 0.6 is 0 Å². The lowest BCUT2D eigenvalue weighted by Crippen LogP contribution is -2.33. The molecule has 3 heteroatoms. The molecule has 4 N–H and O–H groups in total. The van der Waals surface area contributed by atoms with E-state index in [-0.39, 0.29) is 6.10 Å². The number of anilines is 2. The summed E-state index contributed by atoms with van der Waals surface area (Å²) in [6.45, 7) is 3.00. The van der Waals surface area contributed by atoms with Gasteiger partial charge < -0.3 is 16.2 Å². The van der Waals surface area contributed by atoms with Crippen molar-refractivity contribution < 1.29 is 5.11 Å². The van der Waals surface area contributed by atoms with Gasteiger partial charge in [0.2, 0.25) is 0 Å². The molecule has 0 aromatic heterocycles. The van der Waals surface area contributed by atoms with Crippen molar-refractivity contribution in [2.24, 2.45) is 5.92 Å². The molecule has 1 aliphatic rings. The van der Waals surface area contributed by atoms with E-state index in [4.69, 9.17) is 10.8 Å². The minimum atomic E-state index is -0.0706. The standard InChI is InChI=1S/C12H18N2O/c1-8-2-3-10(13)6-12(8)14-7-9-4-11(15)5-9/h2-3,6,9,11,14-15H,4-5,7,13H2,1H3. The summed E-state index contributed by atoms with van der Waals surface area (Å²) < 4.78 is 0. The van der Waals surface area contributed by atoms with Gasteiger partial charge in [-0.3, -0.25) is 0 Å². The van der Waals surface area contributed by atoms with Crippen molar-refractivity contribution in [1.82, 2.24) is 0 Å². The molecule has 15 heavy (non-hydrogen) atoms. The molecule has 1 aliphatic carbocycles. The van der Waals surface area contributed by atoms with Gasteiger partial charge in [0.05, 0.1) is 6.10 Å². The van der Waals surface area contributed by atoms with Crippen LogP contribution in [0.3, 0.4) is 0 Å². The zero-order valence-corrected chi connectivity index (χ0v) is 9.03. The first kappa shape index (κ1) is 10.3. The zero-order chi connectivity index (χ0) is 10.8. The van der Waals surface area contributed by atoms with Crippen molar-refractivity contribution in [3.63, 3.8) is 0 Å². The first-order valence-corrected chi connectivity index (χ1v) is 5.43. The van der Waals surface area contributed by atoms with E-state index in [1.165, 1.54) is 5.56 Å². The van der Waals surface area contributed by atoms with Gasteiger partial charge in [0.25, 0.3) is 0 Å². The molecule has 0 atom stereocenters. The minimum Gasteiger partial charge on any atom is -0.399 e. The quantitative estimate of drug-likeness (QED) is 0.660. The molecule has 1 aromatic carbocycles. The van der Waals surface area contributed by atoms with Gasteiger partial charge in [-0.1, -0.05) is 6.07 Å². The molecule has 0 radical (unpaired) electrons. The number of nitrogens with two attached hydrogens (primary N) is 1. The Balaban J connectivity index is 1.90. The van der Waals surface area contributed by atoms with E-state index >= 15 is 0 Å². The zero-order valence-electron chi connectivity index (χ0n) is 9.03. The van der Waals surface area contributed by atoms with Crippen molar-refractivity contribution in [2.75, 3.05) is 17.6 Å². The average Bonchev–Trinajstić information content (AvgIpc) is 2.16. The number of aliphatic hydroxyl groups excluding tert-OH is 1. The predicted octanol–water partition coefficient (Wildman–Crippen LogP) is 1.76. The van der Waals surface area contributed by atoms with Gasteiger partial charge in [-0.2, -0.15) is 0 Å². The lowest BCUT2D eigenvalue weighted by molar-refractivity contribution is 0.0487. The van der Waals surface area contributed by atoms with E-state index in [2.05, 4.69) is 12.2 Å². The maximum atomic E-state index is 9.17. The smallest absolute Gasteiger partial charge is 0.0546 e. The summed E-state index contributed by atoms with van der Waals surface area (Å²) in [5.41, 5.74) is 8.83. The van der Waals surface area contributed by atoms with E-state index in [1.807, 2.05) is 18.2 Å². The molecule has 0 bridgehead atoms. The second-order valence-corrected chi connectivity index (χ2v) is 4.45. The number of aryl methyl sites for hydroxylation is 1. The van der Waals surface area contributed by atoms with Crippen LogP contribution in [0.5, 0.6) is 0 Å². The van der Waals surface area contributed by atoms with Crippen LogP contribution in [0, 0.1) is 12.8 Å². The maximum Gasteiger partial charge on any atom is 0.0546 e. The molecule has 0 heterocycles. The molecule has 0 spiro atoms. The Hall–Kier alpha value is -1.22. The summed E-state index contributed by atoms with van der Waals surface area (Å²) in [7, 11) is 0. The van der Waals surface area contributed by atoms with Gasteiger partial charge in [0.1, 0.15) is 0 Å². The highest BCUT2D eigenvalue weighted by Crippen LogP contribution is 2.28. The van der Waals surface area contributed by atoms with Crippen molar-refractivity contribution in [3.05, 3.63) is 23.8 Å². The van der Waals surface area contributed by atoms with Crippen molar-refractivity contribution >= 4 is 11.4 Å². The number of nitrogen functional groups attached to an aromatic ring is 1. The Morgan fingerprint density at radius 3 is 2.87 bits per heavy atom. The molecule has 0 aliphatic heterocycles. The van der Waals surface area contributed by atoms with E-state index in [1.54, 1.807) is 0 Å². The number of aliphatic hydroxyl groups is 1. The summed E-state index contributed by atoms with van der Waals surface area (Å²) in [5.74, 6) is 0.612. The van der Waals surface area contributed by atoms with Gasteiger partial charge in [0.15, 0.2) is 0 Å². The number of nitrogens with one attached hydrogen (secondary N) is 1. The van der Waals surface area contributed by atoms with Crippen LogP contribution in [0.15, 0.2) is 18.2 Å². The largest absolute Gasteiger partial charge is 0.399 e. The topological polar surface area (TPSA) is 58.3 Å². The van der Waals surface area contributed by atoms with E-state index < -0.39 is 0 Å². The Kier molecular flexibility index (Phi) is 2.82. The van der Waals surface area contributed by atoms with Gasteiger partial charge in [-0.05, 0) is 43.4 Å². The lowest BCUT2D eigenvalue weighted by atomic mass is 9.82. The molecular weight excluding hydrogens is 188 g/mol. The summed E-state index contributed by atoms with van der Waals surface area (Å²) in [5, 5.41) is 12.6. The molecule has 1 fully saturated rings. The highest BCUT2D eigenvalue weighted by Gasteiger charge is 2.26. The van der Waals surface area contributed by atoms with E-state index in [0.717, 1.165) is 30.8 Å². The van der Waals surface area contributed by atoms with Gasteiger partial charge in [-0.25, -0.2) is 0 Å². The fourth-order valence-corrected chi connectivity index (χ4v) is 1.95. The monoisotopic (exact) mass is 206 g/mol. The fraction of sp³-hybridized carbons (Fsp3) is 0.500. The van der Waals surface area contributed by atoms with Crippen LogP contribution < -0.4 is 11.1 Å². The van der Waals surface area contributed by atoms with Gasteiger partial charge in [-0.15, -0.1) is 0 Å². The van der Waals surface area contributed by atoms with Crippen molar-refractivity contribution in [1.29, 1.82) is 0 Å². The molecule has 3 nitrogen and oxygen atoms in total. The number of rotatable bonds is 3. The van der Waals surface area contributed by atoms with Crippen LogP contribution in [-0.2, 0) is 0 Å². The van der Waals surface area contributed by atoms with Gasteiger partial charge >= 0.3 is 0 Å². The molecule has 1 saturated carbocycles. The summed E-state index contributed by atoms with van der Waals surface area (Å²) in [6, 6.07) is 5.89. The van der Waals surface area contributed by atoms with Crippen molar-refractivity contribution in [3.8, 4) is 0 Å². The highest BCUT2D eigenvalue weighted by atomic mass is 16.3. The molecular formula is C12H18N2O. The molecule has 1 aromatic rings. The Labute approximate surface area is 90.3 Å². The molecule has 0 amide bonds. The molecule has 0 unspecified atom stereocenters. The van der Waals surface area contributed by atoms with Gasteiger partial charge in [0, 0.05) is 17.9 Å². The summed E-state index contributed by atoms with van der Waals surface area (Å²) >= 11 is 0. The average molecular weight is 206 g/mol. The number of benzene rings is 1. The van der Waals surface area contributed by atoms with E-state index in [0.29, 0.717) is 5.92 Å². The third kappa shape index (κ3) is 2.42. The lowest BCUT2D eigenvalue weighted by Gasteiger charge is -2.31. The first-order valence-electron chi connectivity index (χ1n) is 5.43. The number of hydrogen-bond acceptors (Lipinski definition) is 3. The van der Waals surface area contributed by atoms with Crippen LogP contribution in [0.4, 0.5) is 11.4 Å². The van der Waals surface area contributed by atoms with Crippen LogP contribution in [0.2, 0.25) is 0 Å². The third-order valence-electron chi connectivity index (χ3n) is 3.05. The molecule has 82 valence electrons. The van der Waals surface area contributed by atoms with Crippen LogP contribution in [0.25, 0.3) is 0 Å². The predicted molar refractivity (Wildman–Crippen MR) is 62.8 cm³/mol.